The van der Waals surface area contributed by atoms with Gasteiger partial charge in [-0.1, -0.05) is 24.3 Å². The number of para-hydroxylation sites is 1. The van der Waals surface area contributed by atoms with Crippen molar-refractivity contribution >= 4 is 16.8 Å². The lowest BCUT2D eigenvalue weighted by Gasteiger charge is -2.11. The Morgan fingerprint density at radius 3 is 3.06 bits per heavy atom. The maximum atomic E-state index is 11.1. The molecule has 1 aromatic carbocycles. The molecule has 2 heterocycles. The first-order valence-electron chi connectivity index (χ1n) is 6.15. The summed E-state index contributed by atoms with van der Waals surface area (Å²) in [4.78, 5) is 15.5. The Kier molecular flexibility index (Phi) is 2.94. The van der Waals surface area contributed by atoms with Crippen molar-refractivity contribution in [1.82, 2.24) is 15.6 Å². The zero-order valence-corrected chi connectivity index (χ0v) is 10.0. The normalized spacial score (nSPS) is 19.1. The lowest BCUT2D eigenvalue weighted by molar-refractivity contribution is -0.119. The molecule has 3 rings (SSSR count). The van der Waals surface area contributed by atoms with Gasteiger partial charge in [-0.2, -0.15) is 0 Å². The number of benzene rings is 1. The van der Waals surface area contributed by atoms with E-state index in [1.165, 1.54) is 5.56 Å². The van der Waals surface area contributed by atoms with Gasteiger partial charge in [0.05, 0.1) is 5.52 Å². The van der Waals surface area contributed by atoms with E-state index in [0.29, 0.717) is 6.42 Å². The Morgan fingerprint density at radius 2 is 2.22 bits per heavy atom. The molecular weight excluding hydrogens is 226 g/mol. The quantitative estimate of drug-likeness (QED) is 0.849. The summed E-state index contributed by atoms with van der Waals surface area (Å²) < 4.78 is 0. The molecule has 1 amide bonds. The van der Waals surface area contributed by atoms with Crippen molar-refractivity contribution in [3.8, 4) is 0 Å². The first-order valence-corrected chi connectivity index (χ1v) is 6.15. The van der Waals surface area contributed by atoms with Crippen LogP contribution in [-0.4, -0.2) is 23.5 Å². The predicted octanol–water partition coefficient (Wildman–Crippen LogP) is 1.21. The van der Waals surface area contributed by atoms with Crippen molar-refractivity contribution in [3.05, 3.63) is 42.1 Å². The summed E-state index contributed by atoms with van der Waals surface area (Å²) in [5, 5.41) is 7.37. The minimum atomic E-state index is 0.128. The molecule has 1 saturated heterocycles. The van der Waals surface area contributed by atoms with Crippen LogP contribution in [0.25, 0.3) is 10.9 Å². The standard InChI is InChI=1S/C14H15N3O/c18-13-7-12(9-17-13)16-8-11-4-1-3-10-5-2-6-15-14(10)11/h1-6,12,16H,7-9H2,(H,17,18). The number of nitrogens with one attached hydrogen (secondary N) is 2. The number of hydrogen-bond donors (Lipinski definition) is 2. The number of amides is 1. The summed E-state index contributed by atoms with van der Waals surface area (Å²) in [7, 11) is 0. The minimum Gasteiger partial charge on any atom is -0.354 e. The maximum Gasteiger partial charge on any atom is 0.221 e. The minimum absolute atomic E-state index is 0.128. The Bertz CT molecular complexity index is 577. The lowest BCUT2D eigenvalue weighted by atomic mass is 10.1. The van der Waals surface area contributed by atoms with Gasteiger partial charge in [0.25, 0.3) is 0 Å². The van der Waals surface area contributed by atoms with Gasteiger partial charge in [-0.25, -0.2) is 0 Å². The van der Waals surface area contributed by atoms with Crippen LogP contribution in [-0.2, 0) is 11.3 Å². The monoisotopic (exact) mass is 241 g/mol. The molecule has 1 unspecified atom stereocenters. The van der Waals surface area contributed by atoms with E-state index in [0.717, 1.165) is 24.0 Å². The molecule has 4 nitrogen and oxygen atoms in total. The van der Waals surface area contributed by atoms with Gasteiger partial charge in [-0.15, -0.1) is 0 Å². The third kappa shape index (κ3) is 2.19. The summed E-state index contributed by atoms with van der Waals surface area (Å²) >= 11 is 0. The molecule has 2 N–H and O–H groups in total. The molecule has 0 spiro atoms. The average molecular weight is 241 g/mol. The topological polar surface area (TPSA) is 54.0 Å². The van der Waals surface area contributed by atoms with Gasteiger partial charge < -0.3 is 10.6 Å². The molecule has 1 aliphatic heterocycles. The Balaban J connectivity index is 1.76. The maximum absolute atomic E-state index is 11.1. The highest BCUT2D eigenvalue weighted by Crippen LogP contribution is 2.16. The van der Waals surface area contributed by atoms with E-state index >= 15 is 0 Å². The molecule has 1 aliphatic rings. The molecule has 18 heavy (non-hydrogen) atoms. The first kappa shape index (κ1) is 11.2. The average Bonchev–Trinajstić information content (AvgIpc) is 2.82. The van der Waals surface area contributed by atoms with Crippen molar-refractivity contribution in [1.29, 1.82) is 0 Å². The fourth-order valence-electron chi connectivity index (χ4n) is 2.31. The van der Waals surface area contributed by atoms with Crippen molar-refractivity contribution in [2.75, 3.05) is 6.54 Å². The van der Waals surface area contributed by atoms with E-state index in [4.69, 9.17) is 0 Å². The second-order valence-electron chi connectivity index (χ2n) is 4.58. The SMILES string of the molecule is O=C1CC(NCc2cccc3cccnc23)CN1. The van der Waals surface area contributed by atoms with Crippen LogP contribution in [0, 0.1) is 0 Å². The van der Waals surface area contributed by atoms with Crippen LogP contribution in [0.5, 0.6) is 0 Å². The molecule has 0 radical (unpaired) electrons. The van der Waals surface area contributed by atoms with Gasteiger partial charge in [0.2, 0.25) is 5.91 Å². The number of rotatable bonds is 3. The number of carbonyl (C=O) groups is 1. The first-order chi connectivity index (χ1) is 8.83. The van der Waals surface area contributed by atoms with Gasteiger partial charge >= 0.3 is 0 Å². The zero-order valence-electron chi connectivity index (χ0n) is 10.0. The van der Waals surface area contributed by atoms with Crippen LogP contribution in [0.3, 0.4) is 0 Å². The molecule has 4 heteroatoms. The molecule has 1 fully saturated rings. The molecule has 2 aromatic rings. The second-order valence-corrected chi connectivity index (χ2v) is 4.58. The van der Waals surface area contributed by atoms with E-state index in [-0.39, 0.29) is 11.9 Å². The fourth-order valence-corrected chi connectivity index (χ4v) is 2.31. The molecule has 0 aliphatic carbocycles. The third-order valence-corrected chi connectivity index (χ3v) is 3.27. The second kappa shape index (κ2) is 4.74. The number of pyridine rings is 1. The van der Waals surface area contributed by atoms with Crippen molar-refractivity contribution < 1.29 is 4.79 Å². The summed E-state index contributed by atoms with van der Waals surface area (Å²) in [5.41, 5.74) is 2.21. The Morgan fingerprint density at radius 1 is 1.33 bits per heavy atom. The zero-order chi connectivity index (χ0) is 12.4. The van der Waals surface area contributed by atoms with Crippen molar-refractivity contribution in [3.63, 3.8) is 0 Å². The smallest absolute Gasteiger partial charge is 0.221 e. The van der Waals surface area contributed by atoms with Crippen LogP contribution in [0.4, 0.5) is 0 Å². The third-order valence-electron chi connectivity index (χ3n) is 3.27. The molecule has 0 bridgehead atoms. The van der Waals surface area contributed by atoms with Crippen LogP contribution in [0.15, 0.2) is 36.5 Å². The van der Waals surface area contributed by atoms with Crippen LogP contribution < -0.4 is 10.6 Å². The van der Waals surface area contributed by atoms with E-state index in [1.54, 1.807) is 0 Å². The highest BCUT2D eigenvalue weighted by atomic mass is 16.1. The van der Waals surface area contributed by atoms with Gasteiger partial charge in [-0.05, 0) is 11.6 Å². The van der Waals surface area contributed by atoms with E-state index in [9.17, 15) is 4.79 Å². The van der Waals surface area contributed by atoms with Gasteiger partial charge in [0, 0.05) is 37.1 Å². The number of hydrogen-bond acceptors (Lipinski definition) is 3. The number of carbonyl (C=O) groups excluding carboxylic acids is 1. The van der Waals surface area contributed by atoms with E-state index in [2.05, 4.69) is 33.8 Å². The van der Waals surface area contributed by atoms with Gasteiger partial charge in [0.15, 0.2) is 0 Å². The summed E-state index contributed by atoms with van der Waals surface area (Å²) in [6.07, 6.45) is 2.38. The van der Waals surface area contributed by atoms with Crippen LogP contribution in [0.1, 0.15) is 12.0 Å². The van der Waals surface area contributed by atoms with E-state index in [1.807, 2.05) is 18.3 Å². The van der Waals surface area contributed by atoms with Crippen molar-refractivity contribution in [2.45, 2.75) is 19.0 Å². The lowest BCUT2D eigenvalue weighted by Crippen LogP contribution is -2.30. The van der Waals surface area contributed by atoms with Crippen LogP contribution >= 0.6 is 0 Å². The Labute approximate surface area is 105 Å². The molecule has 92 valence electrons. The summed E-state index contributed by atoms with van der Waals surface area (Å²) in [5.74, 6) is 0.128. The number of aromatic nitrogens is 1. The highest BCUT2D eigenvalue weighted by Gasteiger charge is 2.20. The summed E-state index contributed by atoms with van der Waals surface area (Å²) in [6, 6.07) is 10.4. The number of nitrogens with zero attached hydrogens (tertiary/aromatic N) is 1. The van der Waals surface area contributed by atoms with E-state index < -0.39 is 0 Å². The van der Waals surface area contributed by atoms with Gasteiger partial charge in [0.1, 0.15) is 0 Å². The van der Waals surface area contributed by atoms with Crippen molar-refractivity contribution in [2.24, 2.45) is 0 Å². The molecule has 1 atom stereocenters. The molecule has 0 saturated carbocycles. The van der Waals surface area contributed by atoms with Crippen LogP contribution in [0.2, 0.25) is 0 Å². The summed E-state index contributed by atoms with van der Waals surface area (Å²) in [6.45, 7) is 1.46. The largest absolute Gasteiger partial charge is 0.354 e. The predicted molar refractivity (Wildman–Crippen MR) is 70.0 cm³/mol. The molecular formula is C14H15N3O. The van der Waals surface area contributed by atoms with Gasteiger partial charge in [-0.3, -0.25) is 9.78 Å². The Hall–Kier alpha value is -1.94. The fraction of sp³-hybridized carbons (Fsp3) is 0.286. The number of fused-ring (bicyclic) bond motifs is 1. The molecule has 1 aromatic heterocycles. The highest BCUT2D eigenvalue weighted by molar-refractivity contribution is 5.81.